The predicted molar refractivity (Wildman–Crippen MR) is 109 cm³/mol. The molecule has 7 nitrogen and oxygen atoms in total. The van der Waals surface area contributed by atoms with Crippen LogP contribution in [-0.4, -0.2) is 25.8 Å². The first-order valence-corrected chi connectivity index (χ1v) is 9.75. The molecule has 0 unspecified atom stereocenters. The van der Waals surface area contributed by atoms with E-state index in [0.717, 1.165) is 18.5 Å². The van der Waals surface area contributed by atoms with Gasteiger partial charge in [-0.15, -0.1) is 0 Å². The van der Waals surface area contributed by atoms with Gasteiger partial charge in [0.1, 0.15) is 0 Å². The molecule has 1 N–H and O–H groups in total. The highest BCUT2D eigenvalue weighted by atomic mass is 16.5. The van der Waals surface area contributed by atoms with E-state index in [0.29, 0.717) is 40.6 Å². The number of hydrogen-bond donors (Lipinski definition) is 1. The van der Waals surface area contributed by atoms with Crippen LogP contribution < -0.4 is 5.32 Å². The van der Waals surface area contributed by atoms with Gasteiger partial charge in [-0.25, -0.2) is 4.98 Å². The number of pyridine rings is 1. The topological polar surface area (TPSA) is 85.8 Å². The first kappa shape index (κ1) is 17.6. The summed E-state index contributed by atoms with van der Waals surface area (Å²) >= 11 is 0. The fourth-order valence-corrected chi connectivity index (χ4v) is 3.54. The quantitative estimate of drug-likeness (QED) is 0.554. The van der Waals surface area contributed by atoms with Gasteiger partial charge in [0.2, 0.25) is 0 Å². The molecule has 4 aromatic rings. The molecular weight excluding hydrogens is 366 g/mol. The molecule has 1 amide bonds. The number of anilines is 1. The molecule has 1 aliphatic rings. The van der Waals surface area contributed by atoms with Crippen LogP contribution in [0.1, 0.15) is 51.6 Å². The molecule has 1 aromatic carbocycles. The molecule has 0 aliphatic heterocycles. The summed E-state index contributed by atoms with van der Waals surface area (Å²) in [7, 11) is 0. The zero-order valence-corrected chi connectivity index (χ0v) is 16.3. The van der Waals surface area contributed by atoms with Crippen LogP contribution in [0.15, 0.2) is 47.1 Å². The number of nitrogens with zero attached hydrogens (tertiary/aromatic N) is 4. The van der Waals surface area contributed by atoms with E-state index in [2.05, 4.69) is 39.6 Å². The average molecular weight is 387 g/mol. The number of hydrogen-bond acceptors (Lipinski definition) is 5. The minimum atomic E-state index is -0.230. The van der Waals surface area contributed by atoms with Crippen molar-refractivity contribution in [1.29, 1.82) is 0 Å². The Bertz CT molecular complexity index is 1220. The minimum Gasteiger partial charge on any atom is -0.336 e. The van der Waals surface area contributed by atoms with Gasteiger partial charge in [-0.05, 0) is 43.9 Å². The highest BCUT2D eigenvalue weighted by Gasteiger charge is 2.28. The molecular formula is C22H21N5O2. The van der Waals surface area contributed by atoms with Crippen molar-refractivity contribution < 1.29 is 9.32 Å². The Hall–Kier alpha value is -3.48. The number of aryl methyl sites for hydroxylation is 2. The maximum absolute atomic E-state index is 13.0. The normalized spacial score (nSPS) is 13.7. The zero-order valence-electron chi connectivity index (χ0n) is 16.3. The smallest absolute Gasteiger partial charge is 0.259 e. The summed E-state index contributed by atoms with van der Waals surface area (Å²) < 4.78 is 7.15. The van der Waals surface area contributed by atoms with Gasteiger partial charge in [0.25, 0.3) is 11.6 Å². The van der Waals surface area contributed by atoms with E-state index in [1.54, 1.807) is 6.07 Å². The van der Waals surface area contributed by atoms with Crippen molar-refractivity contribution in [3.8, 4) is 0 Å². The van der Waals surface area contributed by atoms with Crippen molar-refractivity contribution >= 4 is 22.8 Å². The highest BCUT2D eigenvalue weighted by Crippen LogP contribution is 2.40. The molecule has 3 heterocycles. The van der Waals surface area contributed by atoms with Gasteiger partial charge < -0.3 is 9.84 Å². The van der Waals surface area contributed by atoms with Gasteiger partial charge >= 0.3 is 0 Å². The third-order valence-corrected chi connectivity index (χ3v) is 5.35. The van der Waals surface area contributed by atoms with E-state index in [4.69, 9.17) is 4.52 Å². The first-order chi connectivity index (χ1) is 14.1. The molecule has 1 aliphatic carbocycles. The van der Waals surface area contributed by atoms with Crippen LogP contribution in [0.5, 0.6) is 0 Å². The van der Waals surface area contributed by atoms with Crippen molar-refractivity contribution in [2.24, 2.45) is 0 Å². The van der Waals surface area contributed by atoms with Gasteiger partial charge in [-0.3, -0.25) is 9.48 Å². The van der Waals surface area contributed by atoms with Crippen LogP contribution in [0.2, 0.25) is 0 Å². The molecule has 0 bridgehead atoms. The lowest BCUT2D eigenvalue weighted by molar-refractivity contribution is 0.102. The number of nitrogens with one attached hydrogen (secondary N) is 1. The summed E-state index contributed by atoms with van der Waals surface area (Å²) in [5, 5.41) is 12.1. The number of benzene rings is 1. The van der Waals surface area contributed by atoms with E-state index in [1.165, 1.54) is 11.1 Å². The molecule has 1 fully saturated rings. The Morgan fingerprint density at radius 2 is 2.07 bits per heavy atom. The molecule has 29 heavy (non-hydrogen) atoms. The molecule has 7 heteroatoms. The second kappa shape index (κ2) is 6.84. The Morgan fingerprint density at radius 1 is 1.24 bits per heavy atom. The van der Waals surface area contributed by atoms with Crippen LogP contribution in [0.25, 0.3) is 11.1 Å². The summed E-state index contributed by atoms with van der Waals surface area (Å²) in [6.45, 7) is 4.55. The van der Waals surface area contributed by atoms with Crippen LogP contribution in [0, 0.1) is 13.8 Å². The first-order valence-electron chi connectivity index (χ1n) is 9.75. The Kier molecular flexibility index (Phi) is 4.16. The molecule has 0 saturated heterocycles. The van der Waals surface area contributed by atoms with Gasteiger partial charge in [0.15, 0.2) is 5.82 Å². The minimum absolute atomic E-state index is 0.230. The fraction of sp³-hybridized carbons (Fsp3) is 0.273. The van der Waals surface area contributed by atoms with E-state index < -0.39 is 0 Å². The zero-order chi connectivity index (χ0) is 20.0. The number of carbonyl (C=O) groups excluding carboxylic acids is 1. The number of aromatic nitrogens is 4. The summed E-state index contributed by atoms with van der Waals surface area (Å²) in [6, 6.07) is 11.9. The summed E-state index contributed by atoms with van der Waals surface area (Å²) in [5.74, 6) is 0.687. The molecule has 5 rings (SSSR count). The van der Waals surface area contributed by atoms with Crippen molar-refractivity contribution in [2.75, 3.05) is 5.32 Å². The predicted octanol–water partition coefficient (Wildman–Crippen LogP) is 4.21. The third-order valence-electron chi connectivity index (χ3n) is 5.35. The lowest BCUT2D eigenvalue weighted by atomic mass is 10.1. The maximum atomic E-state index is 13.0. The van der Waals surface area contributed by atoms with E-state index in [1.807, 2.05) is 36.0 Å². The van der Waals surface area contributed by atoms with Crippen molar-refractivity contribution in [3.63, 3.8) is 0 Å². The number of rotatable bonds is 5. The highest BCUT2D eigenvalue weighted by molar-refractivity contribution is 6.12. The molecule has 1 saturated carbocycles. The van der Waals surface area contributed by atoms with Gasteiger partial charge in [0, 0.05) is 23.9 Å². The summed E-state index contributed by atoms with van der Waals surface area (Å²) in [6.07, 6.45) is 4.05. The standard InChI is InChI=1S/C22H21N5O2/c1-13-5-3-4-6-16(13)12-27-10-9-19(25-27)24-21(28)17-11-18(15-7-8-15)23-22-20(17)14(2)26-29-22/h3-6,9-11,15H,7-8,12H2,1-2H3,(H,24,25,28). The Labute approximate surface area is 167 Å². The van der Waals surface area contributed by atoms with Gasteiger partial charge in [0.05, 0.1) is 23.2 Å². The second-order valence-corrected chi connectivity index (χ2v) is 7.60. The van der Waals surface area contributed by atoms with E-state index in [-0.39, 0.29) is 5.91 Å². The SMILES string of the molecule is Cc1ccccc1Cn1ccc(NC(=O)c2cc(C3CC3)nc3onc(C)c23)n1. The number of amides is 1. The van der Waals surface area contributed by atoms with Crippen molar-refractivity contribution in [1.82, 2.24) is 19.9 Å². The van der Waals surface area contributed by atoms with Crippen molar-refractivity contribution in [2.45, 2.75) is 39.2 Å². The molecule has 146 valence electrons. The van der Waals surface area contributed by atoms with Crippen molar-refractivity contribution in [3.05, 3.63) is 70.7 Å². The molecule has 0 radical (unpaired) electrons. The van der Waals surface area contributed by atoms with Gasteiger partial charge in [-0.2, -0.15) is 5.10 Å². The summed E-state index contributed by atoms with van der Waals surface area (Å²) in [5.41, 5.74) is 4.90. The molecule has 0 spiro atoms. The Morgan fingerprint density at radius 3 is 2.86 bits per heavy atom. The molecule has 0 atom stereocenters. The number of fused-ring (bicyclic) bond motifs is 1. The van der Waals surface area contributed by atoms with Gasteiger partial charge in [-0.1, -0.05) is 29.4 Å². The van der Waals surface area contributed by atoms with Crippen LogP contribution in [0.4, 0.5) is 5.82 Å². The monoisotopic (exact) mass is 387 g/mol. The lowest BCUT2D eigenvalue weighted by Gasteiger charge is -2.07. The fourth-order valence-electron chi connectivity index (χ4n) is 3.54. The summed E-state index contributed by atoms with van der Waals surface area (Å²) in [4.78, 5) is 17.6. The lowest BCUT2D eigenvalue weighted by Crippen LogP contribution is -2.14. The van der Waals surface area contributed by atoms with E-state index >= 15 is 0 Å². The third kappa shape index (κ3) is 3.40. The maximum Gasteiger partial charge on any atom is 0.259 e. The van der Waals surface area contributed by atoms with Crippen LogP contribution in [0.3, 0.4) is 0 Å². The van der Waals surface area contributed by atoms with E-state index in [9.17, 15) is 4.79 Å². The largest absolute Gasteiger partial charge is 0.336 e. The second-order valence-electron chi connectivity index (χ2n) is 7.60. The number of carbonyl (C=O) groups is 1. The van der Waals surface area contributed by atoms with Crippen LogP contribution in [-0.2, 0) is 6.54 Å². The Balaban J connectivity index is 1.40. The van der Waals surface area contributed by atoms with Crippen LogP contribution >= 0.6 is 0 Å². The molecule has 3 aromatic heterocycles. The average Bonchev–Trinajstić information content (AvgIpc) is 3.38.